The molecule has 0 aromatic rings. The molecule has 1 aliphatic heterocycles. The lowest BCUT2D eigenvalue weighted by molar-refractivity contribution is 0.352. The summed E-state index contributed by atoms with van der Waals surface area (Å²) in [5.41, 5.74) is 0. The second kappa shape index (κ2) is 4.54. The molecule has 0 saturated carbocycles. The molecule has 0 aliphatic carbocycles. The predicted octanol–water partition coefficient (Wildman–Crippen LogP) is 0.787. The highest BCUT2D eigenvalue weighted by molar-refractivity contribution is 5.72. The molecule has 12 heavy (non-hydrogen) atoms. The van der Waals surface area contributed by atoms with Gasteiger partial charge in [0.25, 0.3) is 0 Å². The van der Waals surface area contributed by atoms with Gasteiger partial charge in [0.2, 0.25) is 0 Å². The monoisotopic (exact) mass is 166 g/mol. The third-order valence-corrected chi connectivity index (χ3v) is 1.49. The van der Waals surface area contributed by atoms with Crippen LogP contribution >= 0.6 is 0 Å². The van der Waals surface area contributed by atoms with E-state index in [1.54, 1.807) is 6.21 Å². The fourth-order valence-corrected chi connectivity index (χ4v) is 0.901. The fourth-order valence-electron chi connectivity index (χ4n) is 0.901. The van der Waals surface area contributed by atoms with Crippen LogP contribution < -0.4 is 5.32 Å². The second-order valence-electron chi connectivity index (χ2n) is 2.38. The summed E-state index contributed by atoms with van der Waals surface area (Å²) >= 11 is 0. The minimum atomic E-state index is 0.600. The Morgan fingerprint density at radius 3 is 3.33 bits per heavy atom. The number of hydrogen-bond acceptors (Lipinski definition) is 4. The van der Waals surface area contributed by atoms with Gasteiger partial charge >= 0.3 is 0 Å². The topological polar surface area (TPSA) is 40.0 Å². The molecule has 0 spiro atoms. The van der Waals surface area contributed by atoms with E-state index in [9.17, 15) is 0 Å². The van der Waals surface area contributed by atoms with Crippen molar-refractivity contribution in [3.05, 3.63) is 11.9 Å². The summed E-state index contributed by atoms with van der Waals surface area (Å²) in [4.78, 5) is 4.08. The largest absolute Gasteiger partial charge is 0.373 e. The zero-order chi connectivity index (χ0) is 8.81. The number of nitrogens with zero attached hydrogens (tertiary/aromatic N) is 3. The van der Waals surface area contributed by atoms with Gasteiger partial charge in [0.1, 0.15) is 12.5 Å². The summed E-state index contributed by atoms with van der Waals surface area (Å²) in [6.45, 7) is 2.66. The molecular formula is C8H14N4. The quantitative estimate of drug-likeness (QED) is 0.629. The lowest BCUT2D eigenvalue weighted by Crippen LogP contribution is -2.28. The van der Waals surface area contributed by atoms with E-state index in [1.165, 1.54) is 0 Å². The first-order valence-electron chi connectivity index (χ1n) is 4.06. The van der Waals surface area contributed by atoms with Crippen LogP contribution in [0.15, 0.2) is 22.0 Å². The molecule has 0 aromatic carbocycles. The predicted molar refractivity (Wildman–Crippen MR) is 51.1 cm³/mol. The van der Waals surface area contributed by atoms with Gasteiger partial charge in [-0.15, -0.1) is 0 Å². The van der Waals surface area contributed by atoms with Crippen LogP contribution in [-0.2, 0) is 0 Å². The first-order valence-corrected chi connectivity index (χ1v) is 4.06. The molecule has 0 fully saturated rings. The molecular weight excluding hydrogens is 152 g/mol. The number of hydrazone groups is 1. The highest BCUT2D eigenvalue weighted by Gasteiger charge is 2.06. The van der Waals surface area contributed by atoms with E-state index < -0.39 is 0 Å². The molecule has 0 bridgehead atoms. The molecule has 0 saturated heterocycles. The van der Waals surface area contributed by atoms with Gasteiger partial charge in [-0.1, -0.05) is 6.92 Å². The van der Waals surface area contributed by atoms with E-state index >= 15 is 0 Å². The van der Waals surface area contributed by atoms with Crippen LogP contribution in [0.2, 0.25) is 0 Å². The second-order valence-corrected chi connectivity index (χ2v) is 2.38. The lowest BCUT2D eigenvalue weighted by atomic mass is 10.5. The summed E-state index contributed by atoms with van der Waals surface area (Å²) < 4.78 is 0. The van der Waals surface area contributed by atoms with Crippen LogP contribution in [-0.4, -0.2) is 31.2 Å². The Morgan fingerprint density at radius 1 is 1.83 bits per heavy atom. The van der Waals surface area contributed by atoms with Crippen molar-refractivity contribution >= 4 is 12.4 Å². The molecule has 66 valence electrons. The zero-order valence-electron chi connectivity index (χ0n) is 7.49. The van der Waals surface area contributed by atoms with E-state index in [4.69, 9.17) is 0 Å². The van der Waals surface area contributed by atoms with Crippen LogP contribution in [0.1, 0.15) is 13.3 Å². The molecule has 1 N–H and O–H groups in total. The average molecular weight is 166 g/mol. The van der Waals surface area contributed by atoms with Crippen molar-refractivity contribution in [3.8, 4) is 0 Å². The standard InChI is InChI=1S/C8H14N4/c1-3-5-11-12-7-10-6-4-8(12)9-2/h4-6,9H,3,7H2,1-2H3/b11-5-. The van der Waals surface area contributed by atoms with Crippen molar-refractivity contribution in [1.29, 1.82) is 0 Å². The maximum absolute atomic E-state index is 4.22. The summed E-state index contributed by atoms with van der Waals surface area (Å²) in [6.07, 6.45) is 6.49. The van der Waals surface area contributed by atoms with Crippen LogP contribution in [0.25, 0.3) is 0 Å². The van der Waals surface area contributed by atoms with Crippen molar-refractivity contribution in [3.63, 3.8) is 0 Å². The Bertz CT molecular complexity index is 217. The van der Waals surface area contributed by atoms with Gasteiger partial charge in [0.05, 0.1) is 0 Å². The Balaban J connectivity index is 2.59. The van der Waals surface area contributed by atoms with Gasteiger partial charge in [-0.25, -0.2) is 5.01 Å². The van der Waals surface area contributed by atoms with Gasteiger partial charge in [0, 0.05) is 19.5 Å². The van der Waals surface area contributed by atoms with E-state index in [-0.39, 0.29) is 0 Å². The molecule has 0 unspecified atom stereocenters. The highest BCUT2D eigenvalue weighted by atomic mass is 15.5. The summed E-state index contributed by atoms with van der Waals surface area (Å²) in [6, 6.07) is 0. The molecule has 0 radical (unpaired) electrons. The van der Waals surface area contributed by atoms with Gasteiger partial charge < -0.3 is 5.32 Å². The Morgan fingerprint density at radius 2 is 2.67 bits per heavy atom. The molecule has 1 aliphatic rings. The van der Waals surface area contributed by atoms with E-state index in [1.807, 2.05) is 24.3 Å². The Labute approximate surface area is 72.7 Å². The van der Waals surface area contributed by atoms with Gasteiger partial charge in [0.15, 0.2) is 0 Å². The summed E-state index contributed by atoms with van der Waals surface area (Å²) in [5, 5.41) is 9.09. The number of hydrogen-bond donors (Lipinski definition) is 1. The van der Waals surface area contributed by atoms with E-state index in [2.05, 4.69) is 22.3 Å². The summed E-state index contributed by atoms with van der Waals surface area (Å²) in [5.74, 6) is 0.981. The van der Waals surface area contributed by atoms with Crippen LogP contribution in [0, 0.1) is 0 Å². The smallest absolute Gasteiger partial charge is 0.133 e. The molecule has 1 heterocycles. The SMILES string of the molecule is CC/C=N\N1CN=CC=C1NC. The zero-order valence-corrected chi connectivity index (χ0v) is 7.49. The summed E-state index contributed by atoms with van der Waals surface area (Å²) in [7, 11) is 1.87. The lowest BCUT2D eigenvalue weighted by Gasteiger charge is -2.21. The average Bonchev–Trinajstić information content (AvgIpc) is 2.15. The number of nitrogens with one attached hydrogen (secondary N) is 1. The van der Waals surface area contributed by atoms with Crippen molar-refractivity contribution < 1.29 is 0 Å². The van der Waals surface area contributed by atoms with Crippen LogP contribution in [0.5, 0.6) is 0 Å². The van der Waals surface area contributed by atoms with E-state index in [0.717, 1.165) is 12.2 Å². The molecule has 0 aromatic heterocycles. The Kier molecular flexibility index (Phi) is 3.32. The molecule has 1 rings (SSSR count). The van der Waals surface area contributed by atoms with Crippen molar-refractivity contribution in [2.45, 2.75) is 13.3 Å². The van der Waals surface area contributed by atoms with Crippen LogP contribution in [0.4, 0.5) is 0 Å². The first kappa shape index (κ1) is 8.77. The first-order chi connectivity index (χ1) is 5.88. The van der Waals surface area contributed by atoms with Crippen molar-refractivity contribution in [2.24, 2.45) is 10.1 Å². The fraction of sp³-hybridized carbons (Fsp3) is 0.500. The van der Waals surface area contributed by atoms with Gasteiger partial charge in [-0.05, 0) is 12.5 Å². The van der Waals surface area contributed by atoms with Crippen molar-refractivity contribution in [1.82, 2.24) is 10.3 Å². The number of rotatable bonds is 3. The van der Waals surface area contributed by atoms with E-state index in [0.29, 0.717) is 6.67 Å². The maximum Gasteiger partial charge on any atom is 0.133 e. The van der Waals surface area contributed by atoms with Gasteiger partial charge in [-0.2, -0.15) is 5.10 Å². The van der Waals surface area contributed by atoms with Crippen LogP contribution in [0.3, 0.4) is 0 Å². The normalized spacial score (nSPS) is 16.8. The minimum absolute atomic E-state index is 0.600. The van der Waals surface area contributed by atoms with Gasteiger partial charge in [-0.3, -0.25) is 4.99 Å². The highest BCUT2D eigenvalue weighted by Crippen LogP contribution is 2.03. The third-order valence-electron chi connectivity index (χ3n) is 1.49. The van der Waals surface area contributed by atoms with Crippen molar-refractivity contribution in [2.75, 3.05) is 13.7 Å². The molecule has 0 atom stereocenters. The number of aliphatic imine (C=N–C) groups is 1. The third kappa shape index (κ3) is 2.08. The Hall–Kier alpha value is -1.32. The molecule has 0 amide bonds. The maximum atomic E-state index is 4.22. The minimum Gasteiger partial charge on any atom is -0.373 e. The number of allylic oxidation sites excluding steroid dienone is 1. The molecule has 4 nitrogen and oxygen atoms in total. The molecule has 4 heteroatoms.